The molecule has 0 aliphatic heterocycles. The van der Waals surface area contributed by atoms with E-state index >= 15 is 0 Å². The smallest absolute Gasteiger partial charge is 0.0680 e. The lowest BCUT2D eigenvalue weighted by molar-refractivity contribution is 0.0964. The molecule has 1 heteroatoms. The summed E-state index contributed by atoms with van der Waals surface area (Å²) in [5, 5.41) is 9.96. The van der Waals surface area contributed by atoms with Gasteiger partial charge in [0, 0.05) is 0 Å². The second-order valence-corrected chi connectivity index (χ2v) is 6.28. The Morgan fingerprint density at radius 1 is 1.46 bits per heavy atom. The molecule has 0 heterocycles. The van der Waals surface area contributed by atoms with Gasteiger partial charge < -0.3 is 5.11 Å². The van der Waals surface area contributed by atoms with Crippen molar-refractivity contribution in [3.8, 4) is 0 Å². The Balaban J connectivity index is 2.30. The van der Waals surface area contributed by atoms with Gasteiger partial charge >= 0.3 is 0 Å². The van der Waals surface area contributed by atoms with E-state index in [2.05, 4.69) is 34.6 Å². The third-order valence-corrected chi connectivity index (χ3v) is 3.08. The number of rotatable bonds is 3. The molecular weight excluding hydrogens is 160 g/mol. The molecule has 13 heavy (non-hydrogen) atoms. The molecule has 1 rings (SSSR count). The van der Waals surface area contributed by atoms with E-state index in [1.807, 2.05) is 0 Å². The topological polar surface area (TPSA) is 20.2 Å². The second kappa shape index (κ2) is 3.27. The first kappa shape index (κ1) is 11.0. The Kier molecular flexibility index (Phi) is 2.78. The van der Waals surface area contributed by atoms with Crippen molar-refractivity contribution in [2.24, 2.45) is 17.3 Å². The average molecular weight is 184 g/mol. The minimum absolute atomic E-state index is 0.301. The van der Waals surface area contributed by atoms with Crippen LogP contribution >= 0.6 is 0 Å². The highest BCUT2D eigenvalue weighted by Gasteiger charge is 2.49. The Bertz CT molecular complexity index is 180. The van der Waals surface area contributed by atoms with Gasteiger partial charge in [-0.15, -0.1) is 0 Å². The lowest BCUT2D eigenvalue weighted by Crippen LogP contribution is -2.19. The van der Waals surface area contributed by atoms with Crippen molar-refractivity contribution in [3.63, 3.8) is 0 Å². The molecule has 0 bridgehead atoms. The summed E-state index contributed by atoms with van der Waals surface area (Å²) in [5.41, 5.74) is 0.0958. The minimum atomic E-state index is -0.301. The molecule has 0 amide bonds. The molecule has 0 aromatic heterocycles. The lowest BCUT2D eigenvalue weighted by Gasteiger charge is -2.25. The van der Waals surface area contributed by atoms with Crippen LogP contribution in [-0.2, 0) is 0 Å². The van der Waals surface area contributed by atoms with E-state index in [9.17, 15) is 5.11 Å². The molecule has 1 aliphatic carbocycles. The Morgan fingerprint density at radius 2 is 1.92 bits per heavy atom. The van der Waals surface area contributed by atoms with Crippen LogP contribution < -0.4 is 0 Å². The zero-order chi connectivity index (χ0) is 10.3. The molecule has 1 fully saturated rings. The monoisotopic (exact) mass is 184 g/mol. The minimum Gasteiger partial charge on any atom is -0.390 e. The normalized spacial score (nSPS) is 36.0. The predicted molar refractivity (Wildman–Crippen MR) is 56.6 cm³/mol. The van der Waals surface area contributed by atoms with Crippen LogP contribution in [0.25, 0.3) is 0 Å². The fourth-order valence-electron chi connectivity index (χ4n) is 2.48. The predicted octanol–water partition coefficient (Wildman–Crippen LogP) is 3.22. The van der Waals surface area contributed by atoms with Gasteiger partial charge in [-0.3, -0.25) is 0 Å². The van der Waals surface area contributed by atoms with Gasteiger partial charge in [0.15, 0.2) is 0 Å². The van der Waals surface area contributed by atoms with Crippen LogP contribution in [0.2, 0.25) is 0 Å². The maximum atomic E-state index is 9.96. The Hall–Kier alpha value is -0.0400. The van der Waals surface area contributed by atoms with Gasteiger partial charge in [-0.1, -0.05) is 34.6 Å². The van der Waals surface area contributed by atoms with E-state index in [4.69, 9.17) is 0 Å². The average Bonchev–Trinajstić information content (AvgIpc) is 2.32. The highest BCUT2D eigenvalue weighted by atomic mass is 16.3. The first-order chi connectivity index (χ1) is 5.73. The SMILES string of the molecule is CC(CC(C)(C)C)CC1(O)CC1C. The zero-order valence-electron chi connectivity index (χ0n) is 9.72. The van der Waals surface area contributed by atoms with Gasteiger partial charge in [-0.25, -0.2) is 0 Å². The first-order valence-electron chi connectivity index (χ1n) is 5.45. The molecule has 3 atom stereocenters. The molecular formula is C12H24O. The van der Waals surface area contributed by atoms with Crippen LogP contribution in [-0.4, -0.2) is 10.7 Å². The van der Waals surface area contributed by atoms with Gasteiger partial charge in [-0.2, -0.15) is 0 Å². The molecule has 0 aromatic rings. The lowest BCUT2D eigenvalue weighted by atomic mass is 9.82. The fraction of sp³-hybridized carbons (Fsp3) is 1.00. The zero-order valence-corrected chi connectivity index (χ0v) is 9.72. The van der Waals surface area contributed by atoms with Gasteiger partial charge in [-0.05, 0) is 36.5 Å². The van der Waals surface area contributed by atoms with E-state index in [-0.39, 0.29) is 5.60 Å². The van der Waals surface area contributed by atoms with Crippen LogP contribution in [0.1, 0.15) is 53.9 Å². The van der Waals surface area contributed by atoms with Crippen molar-refractivity contribution in [2.75, 3.05) is 0 Å². The third kappa shape index (κ3) is 3.30. The second-order valence-electron chi connectivity index (χ2n) is 6.28. The molecule has 0 radical (unpaired) electrons. The maximum absolute atomic E-state index is 9.96. The van der Waals surface area contributed by atoms with Crippen LogP contribution in [0.15, 0.2) is 0 Å². The van der Waals surface area contributed by atoms with Crippen molar-refractivity contribution >= 4 is 0 Å². The van der Waals surface area contributed by atoms with Crippen molar-refractivity contribution in [2.45, 2.75) is 59.5 Å². The highest BCUT2D eigenvalue weighted by molar-refractivity contribution is 5.01. The van der Waals surface area contributed by atoms with Crippen molar-refractivity contribution in [3.05, 3.63) is 0 Å². The van der Waals surface area contributed by atoms with E-state index in [0.717, 1.165) is 12.8 Å². The van der Waals surface area contributed by atoms with E-state index in [1.165, 1.54) is 6.42 Å². The Labute approximate surface area is 82.5 Å². The van der Waals surface area contributed by atoms with Crippen molar-refractivity contribution in [1.29, 1.82) is 0 Å². The highest BCUT2D eigenvalue weighted by Crippen LogP contribution is 2.48. The van der Waals surface area contributed by atoms with E-state index < -0.39 is 0 Å². The van der Waals surface area contributed by atoms with Gasteiger partial charge in [0.2, 0.25) is 0 Å². The molecule has 0 spiro atoms. The summed E-state index contributed by atoms with van der Waals surface area (Å²) in [4.78, 5) is 0. The summed E-state index contributed by atoms with van der Waals surface area (Å²) in [6.07, 6.45) is 3.22. The van der Waals surface area contributed by atoms with Gasteiger partial charge in [0.05, 0.1) is 5.60 Å². The molecule has 0 aromatic carbocycles. The van der Waals surface area contributed by atoms with Crippen molar-refractivity contribution < 1.29 is 5.11 Å². The maximum Gasteiger partial charge on any atom is 0.0680 e. The molecule has 1 nitrogen and oxygen atoms in total. The van der Waals surface area contributed by atoms with Crippen molar-refractivity contribution in [1.82, 2.24) is 0 Å². The number of hydrogen-bond donors (Lipinski definition) is 1. The van der Waals surface area contributed by atoms with Crippen LogP contribution in [0, 0.1) is 17.3 Å². The first-order valence-corrected chi connectivity index (χ1v) is 5.45. The third-order valence-electron chi connectivity index (χ3n) is 3.08. The summed E-state index contributed by atoms with van der Waals surface area (Å²) < 4.78 is 0. The largest absolute Gasteiger partial charge is 0.390 e. The molecule has 1 N–H and O–H groups in total. The Morgan fingerprint density at radius 3 is 2.23 bits per heavy atom. The standard InChI is InChI=1S/C12H24O/c1-9(6-11(3,4)5)7-12(13)8-10(12)2/h9-10,13H,6-8H2,1-5H3. The summed E-state index contributed by atoms with van der Waals surface area (Å²) in [5.74, 6) is 1.19. The van der Waals surface area contributed by atoms with Crippen LogP contribution in [0.4, 0.5) is 0 Å². The van der Waals surface area contributed by atoms with E-state index in [1.54, 1.807) is 0 Å². The summed E-state index contributed by atoms with van der Waals surface area (Å²) >= 11 is 0. The van der Waals surface area contributed by atoms with Crippen LogP contribution in [0.3, 0.4) is 0 Å². The van der Waals surface area contributed by atoms with Gasteiger partial charge in [0.25, 0.3) is 0 Å². The van der Waals surface area contributed by atoms with Gasteiger partial charge in [0.1, 0.15) is 0 Å². The summed E-state index contributed by atoms with van der Waals surface area (Å²) in [7, 11) is 0. The molecule has 1 aliphatic rings. The fourth-order valence-corrected chi connectivity index (χ4v) is 2.48. The molecule has 3 unspecified atom stereocenters. The summed E-state index contributed by atoms with van der Waals surface area (Å²) in [6, 6.07) is 0. The summed E-state index contributed by atoms with van der Waals surface area (Å²) in [6.45, 7) is 11.2. The molecule has 78 valence electrons. The molecule has 1 saturated carbocycles. The van der Waals surface area contributed by atoms with E-state index in [0.29, 0.717) is 17.3 Å². The molecule has 0 saturated heterocycles. The number of aliphatic hydroxyl groups is 1. The van der Waals surface area contributed by atoms with Crippen LogP contribution in [0.5, 0.6) is 0 Å². The number of hydrogen-bond acceptors (Lipinski definition) is 1. The quantitative estimate of drug-likeness (QED) is 0.714.